The summed E-state index contributed by atoms with van der Waals surface area (Å²) in [5.74, 6) is 3.92. The lowest BCUT2D eigenvalue weighted by Gasteiger charge is -2.28. The summed E-state index contributed by atoms with van der Waals surface area (Å²) in [4.78, 5) is 13.2. The number of fused-ring (bicyclic) bond motifs is 3. The number of ether oxygens (including phenoxy) is 1. The Hall–Kier alpha value is -3.66. The fourth-order valence-electron chi connectivity index (χ4n) is 6.87. The summed E-state index contributed by atoms with van der Waals surface area (Å²) in [5, 5.41) is 1.28. The first-order chi connectivity index (χ1) is 19.2. The van der Waals surface area contributed by atoms with E-state index in [4.69, 9.17) is 9.72 Å². The van der Waals surface area contributed by atoms with Gasteiger partial charge in [0.1, 0.15) is 11.6 Å². The topological polar surface area (TPSA) is 50.8 Å². The zero-order valence-corrected chi connectivity index (χ0v) is 22.8. The third kappa shape index (κ3) is 4.93. The van der Waals surface area contributed by atoms with Crippen LogP contribution < -0.4 is 4.74 Å². The molecular weight excluding hydrogens is 478 g/mol. The molecule has 0 saturated heterocycles. The van der Waals surface area contributed by atoms with E-state index in [1.807, 2.05) is 6.20 Å². The number of H-pyrrole nitrogens is 1. The van der Waals surface area contributed by atoms with Crippen LogP contribution in [0.15, 0.2) is 72.9 Å². The summed E-state index contributed by atoms with van der Waals surface area (Å²) in [6.45, 7) is 3.17. The lowest BCUT2D eigenvalue weighted by molar-refractivity contribution is 0.222. The average molecular weight is 516 g/mol. The smallest absolute Gasteiger partial charge is 0.122 e. The molecule has 2 atom stereocenters. The standard InChI is InChI=1S/C35H37N3O/c1-23-19-29-21-26(27-11-13-32-33(22-27)38-35(37-32)24-7-3-2-4-8-24)12-14-34(29)39-18-16-25(23)20-28-15-17-36-31-10-6-5-9-30(28)31/h5-6,9-15,17,21-25H,2-4,7-8,16,18-20H2,1H3,(H,37,38). The van der Waals surface area contributed by atoms with Gasteiger partial charge in [0, 0.05) is 17.5 Å². The Morgan fingerprint density at radius 3 is 2.64 bits per heavy atom. The normalized spacial score (nSPS) is 20.3. The van der Waals surface area contributed by atoms with Crippen molar-refractivity contribution < 1.29 is 4.74 Å². The van der Waals surface area contributed by atoms with Crippen LogP contribution in [-0.4, -0.2) is 21.6 Å². The molecule has 2 aromatic heterocycles. The Balaban J connectivity index is 1.14. The lowest BCUT2D eigenvalue weighted by atomic mass is 9.80. The van der Waals surface area contributed by atoms with Gasteiger partial charge in [-0.2, -0.15) is 0 Å². The van der Waals surface area contributed by atoms with Crippen LogP contribution in [0, 0.1) is 11.8 Å². The second kappa shape index (κ2) is 10.5. The number of hydrogen-bond donors (Lipinski definition) is 1. The van der Waals surface area contributed by atoms with E-state index in [9.17, 15) is 0 Å². The predicted octanol–water partition coefficient (Wildman–Crippen LogP) is 8.65. The van der Waals surface area contributed by atoms with Gasteiger partial charge in [-0.15, -0.1) is 0 Å². The van der Waals surface area contributed by atoms with Gasteiger partial charge in [-0.1, -0.05) is 56.5 Å². The number of benzene rings is 3. The van der Waals surface area contributed by atoms with Crippen molar-refractivity contribution in [3.8, 4) is 16.9 Å². The van der Waals surface area contributed by atoms with Gasteiger partial charge in [0.15, 0.2) is 0 Å². The van der Waals surface area contributed by atoms with E-state index < -0.39 is 0 Å². The molecule has 1 saturated carbocycles. The van der Waals surface area contributed by atoms with Crippen LogP contribution in [0.5, 0.6) is 5.75 Å². The van der Waals surface area contributed by atoms with Gasteiger partial charge in [-0.3, -0.25) is 4.98 Å². The van der Waals surface area contributed by atoms with Crippen molar-refractivity contribution in [2.24, 2.45) is 11.8 Å². The highest BCUT2D eigenvalue weighted by molar-refractivity contribution is 5.83. The van der Waals surface area contributed by atoms with Crippen molar-refractivity contribution in [3.63, 3.8) is 0 Å². The van der Waals surface area contributed by atoms with E-state index in [1.54, 1.807) is 0 Å². The molecule has 3 heterocycles. The highest BCUT2D eigenvalue weighted by Crippen LogP contribution is 2.36. The maximum atomic E-state index is 6.34. The molecule has 0 spiro atoms. The van der Waals surface area contributed by atoms with Gasteiger partial charge in [-0.05, 0) is 103 Å². The first kappa shape index (κ1) is 24.4. The van der Waals surface area contributed by atoms with Gasteiger partial charge < -0.3 is 9.72 Å². The number of nitrogens with zero attached hydrogens (tertiary/aromatic N) is 2. The monoisotopic (exact) mass is 515 g/mol. The predicted molar refractivity (Wildman–Crippen MR) is 159 cm³/mol. The summed E-state index contributed by atoms with van der Waals surface area (Å²) in [6.07, 6.45) is 11.6. The van der Waals surface area contributed by atoms with Crippen LogP contribution in [0.1, 0.15) is 68.3 Å². The van der Waals surface area contributed by atoms with Crippen LogP contribution >= 0.6 is 0 Å². The lowest BCUT2D eigenvalue weighted by Crippen LogP contribution is -2.22. The SMILES string of the molecule is CC1Cc2cc(-c3ccc4nc(C5CCCCC5)[nH]c4c3)ccc2OCCC1Cc1ccnc2ccccc12. The Morgan fingerprint density at radius 2 is 1.72 bits per heavy atom. The van der Waals surface area contributed by atoms with E-state index in [2.05, 4.69) is 83.6 Å². The highest BCUT2D eigenvalue weighted by atomic mass is 16.5. The number of hydrogen-bond acceptors (Lipinski definition) is 3. The van der Waals surface area contributed by atoms with Crippen molar-refractivity contribution in [1.82, 2.24) is 15.0 Å². The molecule has 1 fully saturated rings. The first-order valence-electron chi connectivity index (χ1n) is 14.8. The van der Waals surface area contributed by atoms with Gasteiger partial charge in [0.25, 0.3) is 0 Å². The zero-order chi connectivity index (χ0) is 26.2. The molecule has 1 aliphatic carbocycles. The summed E-state index contributed by atoms with van der Waals surface area (Å²) in [6, 6.07) is 24.1. The molecule has 1 aliphatic heterocycles. The second-order valence-corrected chi connectivity index (χ2v) is 11.8. The molecule has 0 bridgehead atoms. The van der Waals surface area contributed by atoms with E-state index >= 15 is 0 Å². The fourth-order valence-corrected chi connectivity index (χ4v) is 6.87. The molecule has 39 heavy (non-hydrogen) atoms. The number of rotatable bonds is 4. The Kier molecular flexibility index (Phi) is 6.56. The summed E-state index contributed by atoms with van der Waals surface area (Å²) in [5.41, 5.74) is 8.50. The number of para-hydroxylation sites is 1. The number of imidazole rings is 1. The van der Waals surface area contributed by atoms with Crippen molar-refractivity contribution in [1.29, 1.82) is 0 Å². The Bertz CT molecular complexity index is 1610. The van der Waals surface area contributed by atoms with Crippen LogP contribution in [0.25, 0.3) is 33.1 Å². The van der Waals surface area contributed by atoms with Crippen molar-refractivity contribution >= 4 is 21.9 Å². The molecule has 2 unspecified atom stereocenters. The van der Waals surface area contributed by atoms with Gasteiger partial charge in [0.2, 0.25) is 0 Å². The van der Waals surface area contributed by atoms with Crippen molar-refractivity contribution in [2.45, 2.75) is 64.2 Å². The van der Waals surface area contributed by atoms with Gasteiger partial charge in [-0.25, -0.2) is 4.98 Å². The van der Waals surface area contributed by atoms with Crippen molar-refractivity contribution in [2.75, 3.05) is 6.61 Å². The van der Waals surface area contributed by atoms with Crippen LogP contribution in [0.2, 0.25) is 0 Å². The molecule has 0 radical (unpaired) electrons. The number of nitrogens with one attached hydrogen (secondary N) is 1. The first-order valence-corrected chi connectivity index (χ1v) is 14.8. The van der Waals surface area contributed by atoms with E-state index in [1.165, 1.54) is 65.6 Å². The van der Waals surface area contributed by atoms with Crippen molar-refractivity contribution in [3.05, 3.63) is 89.9 Å². The molecule has 1 N–H and O–H groups in total. The fraction of sp³-hybridized carbons (Fsp3) is 0.371. The molecule has 4 heteroatoms. The molecule has 3 aromatic carbocycles. The Labute approximate surface area is 230 Å². The quantitative estimate of drug-likeness (QED) is 0.261. The minimum atomic E-state index is 0.558. The molecular formula is C35H37N3O. The highest BCUT2D eigenvalue weighted by Gasteiger charge is 2.24. The summed E-state index contributed by atoms with van der Waals surface area (Å²) >= 11 is 0. The maximum absolute atomic E-state index is 6.34. The molecule has 5 aromatic rings. The summed E-state index contributed by atoms with van der Waals surface area (Å²) < 4.78 is 6.34. The molecule has 7 rings (SSSR count). The number of aromatic amines is 1. The van der Waals surface area contributed by atoms with E-state index in [0.717, 1.165) is 48.2 Å². The van der Waals surface area contributed by atoms with Crippen LogP contribution in [0.3, 0.4) is 0 Å². The third-order valence-electron chi connectivity index (χ3n) is 9.20. The number of pyridine rings is 1. The van der Waals surface area contributed by atoms with Gasteiger partial charge in [0.05, 0.1) is 23.2 Å². The second-order valence-electron chi connectivity index (χ2n) is 11.8. The Morgan fingerprint density at radius 1 is 0.872 bits per heavy atom. The van der Waals surface area contributed by atoms with Crippen LogP contribution in [-0.2, 0) is 12.8 Å². The molecule has 4 nitrogen and oxygen atoms in total. The minimum Gasteiger partial charge on any atom is -0.493 e. The molecule has 2 aliphatic rings. The zero-order valence-electron chi connectivity index (χ0n) is 22.8. The summed E-state index contributed by atoms with van der Waals surface area (Å²) in [7, 11) is 0. The van der Waals surface area contributed by atoms with Gasteiger partial charge >= 0.3 is 0 Å². The minimum absolute atomic E-state index is 0.558. The molecule has 0 amide bonds. The largest absolute Gasteiger partial charge is 0.493 e. The molecule has 198 valence electrons. The van der Waals surface area contributed by atoms with E-state index in [-0.39, 0.29) is 0 Å². The third-order valence-corrected chi connectivity index (χ3v) is 9.20. The maximum Gasteiger partial charge on any atom is 0.122 e. The van der Waals surface area contributed by atoms with E-state index in [0.29, 0.717) is 17.8 Å². The number of aromatic nitrogens is 3. The van der Waals surface area contributed by atoms with Crippen LogP contribution in [0.4, 0.5) is 0 Å². The average Bonchev–Trinajstić information content (AvgIpc) is 3.41.